The Morgan fingerprint density at radius 3 is 2.92 bits per heavy atom. The van der Waals surface area contributed by atoms with Crippen molar-refractivity contribution in [3.63, 3.8) is 0 Å². The average Bonchev–Trinajstić information content (AvgIpc) is 3.19. The summed E-state index contributed by atoms with van der Waals surface area (Å²) in [7, 11) is 0. The Hall–Kier alpha value is -2.67. The molecule has 1 atom stereocenters. The third-order valence-electron chi connectivity index (χ3n) is 4.51. The van der Waals surface area contributed by atoms with Crippen LogP contribution in [0.2, 0.25) is 0 Å². The number of hydrogen-bond donors (Lipinski definition) is 0. The molecule has 25 heavy (non-hydrogen) atoms. The van der Waals surface area contributed by atoms with Crippen molar-refractivity contribution in [3.05, 3.63) is 66.6 Å². The van der Waals surface area contributed by atoms with Crippen LogP contribution in [0.4, 0.5) is 4.39 Å². The van der Waals surface area contributed by atoms with Crippen molar-refractivity contribution >= 4 is 0 Å². The Balaban J connectivity index is 1.47. The Labute approximate surface area is 145 Å². The highest BCUT2D eigenvalue weighted by Crippen LogP contribution is 2.26. The third-order valence-corrected chi connectivity index (χ3v) is 4.51. The zero-order chi connectivity index (χ0) is 17.1. The number of halogens is 1. The monoisotopic (exact) mass is 338 g/mol. The van der Waals surface area contributed by atoms with E-state index < -0.39 is 0 Å². The standard InChI is InChI=1S/C18H19FN6/c19-15-3-4-16(22-8-15)12-24-6-1-2-14(11-24)17-9-21-10-18(23-17)25-7-5-20-13-25/h3-5,7-10,13-14H,1-2,6,11-12H2/t14-/m1/s1. The minimum Gasteiger partial charge on any atom is -0.297 e. The van der Waals surface area contributed by atoms with Crippen LogP contribution in [-0.4, -0.2) is 42.5 Å². The summed E-state index contributed by atoms with van der Waals surface area (Å²) in [6.07, 6.45) is 12.4. The molecule has 3 aromatic rings. The number of aromatic nitrogens is 5. The summed E-state index contributed by atoms with van der Waals surface area (Å²) in [5.41, 5.74) is 1.89. The smallest absolute Gasteiger partial charge is 0.156 e. The molecule has 0 N–H and O–H groups in total. The first kappa shape index (κ1) is 15.8. The van der Waals surface area contributed by atoms with Crippen molar-refractivity contribution < 1.29 is 4.39 Å². The maximum Gasteiger partial charge on any atom is 0.156 e. The van der Waals surface area contributed by atoms with E-state index in [4.69, 9.17) is 4.98 Å². The molecule has 7 heteroatoms. The second-order valence-electron chi connectivity index (χ2n) is 6.31. The third kappa shape index (κ3) is 3.71. The van der Waals surface area contributed by atoms with Gasteiger partial charge in [-0.2, -0.15) is 0 Å². The van der Waals surface area contributed by atoms with Gasteiger partial charge in [0.25, 0.3) is 0 Å². The molecule has 0 radical (unpaired) electrons. The Kier molecular flexibility index (Phi) is 4.47. The van der Waals surface area contributed by atoms with E-state index in [-0.39, 0.29) is 5.82 Å². The van der Waals surface area contributed by atoms with E-state index in [0.717, 1.165) is 49.7 Å². The van der Waals surface area contributed by atoms with Gasteiger partial charge in [-0.1, -0.05) is 0 Å². The van der Waals surface area contributed by atoms with Gasteiger partial charge in [0.1, 0.15) is 12.1 Å². The number of likely N-dealkylation sites (tertiary alicyclic amines) is 1. The number of hydrogen-bond acceptors (Lipinski definition) is 5. The minimum atomic E-state index is -0.299. The van der Waals surface area contributed by atoms with E-state index >= 15 is 0 Å². The maximum absolute atomic E-state index is 13.0. The van der Waals surface area contributed by atoms with Crippen LogP contribution in [0.3, 0.4) is 0 Å². The number of imidazole rings is 1. The summed E-state index contributed by atoms with van der Waals surface area (Å²) in [6, 6.07) is 3.21. The first-order valence-corrected chi connectivity index (χ1v) is 8.41. The van der Waals surface area contributed by atoms with Gasteiger partial charge in [-0.05, 0) is 31.5 Å². The Morgan fingerprint density at radius 1 is 1.16 bits per heavy atom. The molecule has 128 valence electrons. The van der Waals surface area contributed by atoms with Gasteiger partial charge in [0, 0.05) is 37.6 Å². The van der Waals surface area contributed by atoms with Crippen LogP contribution < -0.4 is 0 Å². The topological polar surface area (TPSA) is 59.7 Å². The lowest BCUT2D eigenvalue weighted by atomic mass is 9.95. The Morgan fingerprint density at radius 2 is 2.12 bits per heavy atom. The number of piperidine rings is 1. The lowest BCUT2D eigenvalue weighted by Gasteiger charge is -2.32. The van der Waals surface area contributed by atoms with Crippen molar-refractivity contribution in [2.75, 3.05) is 13.1 Å². The van der Waals surface area contributed by atoms with E-state index in [1.807, 2.05) is 17.0 Å². The van der Waals surface area contributed by atoms with Gasteiger partial charge in [0.2, 0.25) is 0 Å². The molecule has 4 rings (SSSR count). The van der Waals surface area contributed by atoms with Crippen LogP contribution in [0.1, 0.15) is 30.1 Å². The predicted octanol–water partition coefficient (Wildman–Crippen LogP) is 2.58. The highest BCUT2D eigenvalue weighted by Gasteiger charge is 2.23. The van der Waals surface area contributed by atoms with Crippen LogP contribution in [0, 0.1) is 5.82 Å². The highest BCUT2D eigenvalue weighted by atomic mass is 19.1. The zero-order valence-electron chi connectivity index (χ0n) is 13.8. The second kappa shape index (κ2) is 7.06. The molecular formula is C18H19FN6. The zero-order valence-corrected chi connectivity index (χ0v) is 13.8. The van der Waals surface area contributed by atoms with Crippen LogP contribution in [0.5, 0.6) is 0 Å². The SMILES string of the molecule is Fc1ccc(CN2CCC[C@@H](c3cncc(-n4ccnc4)n3)C2)nc1. The van der Waals surface area contributed by atoms with Gasteiger partial charge < -0.3 is 0 Å². The first-order chi connectivity index (χ1) is 12.3. The summed E-state index contributed by atoms with van der Waals surface area (Å²) in [6.45, 7) is 2.65. The largest absolute Gasteiger partial charge is 0.297 e. The molecule has 3 aromatic heterocycles. The summed E-state index contributed by atoms with van der Waals surface area (Å²) >= 11 is 0. The van der Waals surface area contributed by atoms with E-state index in [1.54, 1.807) is 24.8 Å². The highest BCUT2D eigenvalue weighted by molar-refractivity contribution is 5.21. The molecule has 1 aliphatic rings. The molecule has 0 bridgehead atoms. The average molecular weight is 338 g/mol. The van der Waals surface area contributed by atoms with Crippen LogP contribution in [0.25, 0.3) is 5.82 Å². The molecule has 4 heterocycles. The van der Waals surface area contributed by atoms with E-state index in [2.05, 4.69) is 19.9 Å². The number of pyridine rings is 1. The molecular weight excluding hydrogens is 319 g/mol. The summed E-state index contributed by atoms with van der Waals surface area (Å²) in [5, 5.41) is 0. The fraction of sp³-hybridized carbons (Fsp3) is 0.333. The lowest BCUT2D eigenvalue weighted by Crippen LogP contribution is -2.34. The lowest BCUT2D eigenvalue weighted by molar-refractivity contribution is 0.196. The molecule has 1 saturated heterocycles. The molecule has 0 aromatic carbocycles. The van der Waals surface area contributed by atoms with Gasteiger partial charge in [-0.15, -0.1) is 0 Å². The van der Waals surface area contributed by atoms with E-state index in [0.29, 0.717) is 5.92 Å². The number of nitrogens with zero attached hydrogens (tertiary/aromatic N) is 6. The van der Waals surface area contributed by atoms with Crippen molar-refractivity contribution in [3.8, 4) is 5.82 Å². The van der Waals surface area contributed by atoms with Crippen molar-refractivity contribution in [2.45, 2.75) is 25.3 Å². The van der Waals surface area contributed by atoms with E-state index in [9.17, 15) is 4.39 Å². The van der Waals surface area contributed by atoms with Crippen LogP contribution in [-0.2, 0) is 6.54 Å². The van der Waals surface area contributed by atoms with Crippen molar-refractivity contribution in [1.29, 1.82) is 0 Å². The van der Waals surface area contributed by atoms with Gasteiger partial charge >= 0.3 is 0 Å². The van der Waals surface area contributed by atoms with E-state index in [1.165, 1.54) is 12.3 Å². The number of rotatable bonds is 4. The fourth-order valence-electron chi connectivity index (χ4n) is 3.26. The molecule has 0 aliphatic carbocycles. The molecule has 0 amide bonds. The molecule has 0 spiro atoms. The normalized spacial score (nSPS) is 18.4. The summed E-state index contributed by atoms with van der Waals surface area (Å²) in [4.78, 5) is 19.7. The summed E-state index contributed by atoms with van der Waals surface area (Å²) < 4.78 is 14.9. The second-order valence-corrected chi connectivity index (χ2v) is 6.31. The van der Waals surface area contributed by atoms with Gasteiger partial charge in [-0.3, -0.25) is 19.4 Å². The quantitative estimate of drug-likeness (QED) is 0.732. The minimum absolute atomic E-state index is 0.299. The van der Waals surface area contributed by atoms with Gasteiger partial charge in [0.05, 0.1) is 23.8 Å². The molecule has 6 nitrogen and oxygen atoms in total. The fourth-order valence-corrected chi connectivity index (χ4v) is 3.26. The van der Waals surface area contributed by atoms with Crippen LogP contribution in [0.15, 0.2) is 49.4 Å². The molecule has 0 saturated carbocycles. The van der Waals surface area contributed by atoms with Crippen LogP contribution >= 0.6 is 0 Å². The molecule has 1 aliphatic heterocycles. The Bertz CT molecular complexity index is 818. The van der Waals surface area contributed by atoms with Crippen molar-refractivity contribution in [2.24, 2.45) is 0 Å². The maximum atomic E-state index is 13.0. The van der Waals surface area contributed by atoms with Crippen molar-refractivity contribution in [1.82, 2.24) is 29.4 Å². The van der Waals surface area contributed by atoms with Gasteiger partial charge in [-0.25, -0.2) is 14.4 Å². The molecule has 0 unspecified atom stereocenters. The molecule has 1 fully saturated rings. The predicted molar refractivity (Wildman–Crippen MR) is 90.6 cm³/mol. The van der Waals surface area contributed by atoms with Gasteiger partial charge in [0.15, 0.2) is 5.82 Å². The first-order valence-electron chi connectivity index (χ1n) is 8.41. The summed E-state index contributed by atoms with van der Waals surface area (Å²) in [5.74, 6) is 0.823.